The Kier molecular flexibility index (Phi) is 4.10. The van der Waals surface area contributed by atoms with Crippen LogP contribution in [0.15, 0.2) is 17.5 Å². The fraction of sp³-hybridized carbons (Fsp3) is 0.500. The van der Waals surface area contributed by atoms with Crippen LogP contribution in [-0.4, -0.2) is 17.2 Å². The SMILES string of the molecule is CC(C)OC(=O)C[C@@H](O)c1cccs1. The van der Waals surface area contributed by atoms with Crippen molar-refractivity contribution in [2.75, 3.05) is 0 Å². The van der Waals surface area contributed by atoms with Crippen molar-refractivity contribution < 1.29 is 14.6 Å². The molecular formula is C10H14O3S. The second-order valence-corrected chi connectivity index (χ2v) is 4.25. The predicted octanol–water partition coefficient (Wildman–Crippen LogP) is 2.12. The molecule has 0 aliphatic carbocycles. The standard InChI is InChI=1S/C10H14O3S/c1-7(2)13-10(12)6-8(11)9-4-3-5-14-9/h3-5,7-8,11H,6H2,1-2H3/t8-/m1/s1. The van der Waals surface area contributed by atoms with Gasteiger partial charge in [-0.3, -0.25) is 4.79 Å². The average molecular weight is 214 g/mol. The zero-order valence-corrected chi connectivity index (χ0v) is 9.08. The molecule has 1 atom stereocenters. The molecule has 0 radical (unpaired) electrons. The highest BCUT2D eigenvalue weighted by Gasteiger charge is 2.15. The Labute approximate surface area is 87.3 Å². The maximum absolute atomic E-state index is 11.2. The third-order valence-electron chi connectivity index (χ3n) is 1.60. The molecule has 0 aromatic carbocycles. The number of esters is 1. The highest BCUT2D eigenvalue weighted by atomic mass is 32.1. The van der Waals surface area contributed by atoms with Gasteiger partial charge in [0.15, 0.2) is 0 Å². The van der Waals surface area contributed by atoms with Crippen LogP contribution in [0.4, 0.5) is 0 Å². The van der Waals surface area contributed by atoms with E-state index >= 15 is 0 Å². The zero-order valence-electron chi connectivity index (χ0n) is 8.27. The minimum Gasteiger partial charge on any atom is -0.463 e. The lowest BCUT2D eigenvalue weighted by molar-refractivity contribution is -0.149. The van der Waals surface area contributed by atoms with E-state index in [1.165, 1.54) is 11.3 Å². The molecule has 0 aliphatic heterocycles. The quantitative estimate of drug-likeness (QED) is 0.781. The number of aliphatic hydroxyl groups excluding tert-OH is 1. The van der Waals surface area contributed by atoms with Gasteiger partial charge in [-0.25, -0.2) is 0 Å². The van der Waals surface area contributed by atoms with Crippen LogP contribution in [0.3, 0.4) is 0 Å². The van der Waals surface area contributed by atoms with Gasteiger partial charge in [0.2, 0.25) is 0 Å². The van der Waals surface area contributed by atoms with Crippen molar-refractivity contribution >= 4 is 17.3 Å². The van der Waals surface area contributed by atoms with Gasteiger partial charge in [0.05, 0.1) is 18.6 Å². The maximum atomic E-state index is 11.2. The third kappa shape index (κ3) is 3.47. The van der Waals surface area contributed by atoms with Crippen LogP contribution in [0.1, 0.15) is 31.2 Å². The normalized spacial score (nSPS) is 12.9. The molecule has 0 amide bonds. The average Bonchev–Trinajstić information content (AvgIpc) is 2.53. The van der Waals surface area contributed by atoms with Gasteiger partial charge in [-0.05, 0) is 25.3 Å². The van der Waals surface area contributed by atoms with E-state index in [1.807, 2.05) is 11.4 Å². The first-order valence-corrected chi connectivity index (χ1v) is 5.38. The van der Waals surface area contributed by atoms with Crippen LogP contribution in [0, 0.1) is 0 Å². The number of hydrogen-bond donors (Lipinski definition) is 1. The van der Waals surface area contributed by atoms with Crippen LogP contribution in [-0.2, 0) is 9.53 Å². The molecule has 0 fully saturated rings. The van der Waals surface area contributed by atoms with Gasteiger partial charge in [-0.1, -0.05) is 6.07 Å². The number of aliphatic hydroxyl groups is 1. The highest BCUT2D eigenvalue weighted by molar-refractivity contribution is 7.10. The first-order valence-electron chi connectivity index (χ1n) is 4.50. The molecule has 0 aliphatic rings. The molecular weight excluding hydrogens is 200 g/mol. The van der Waals surface area contributed by atoms with Crippen molar-refractivity contribution in [2.45, 2.75) is 32.5 Å². The van der Waals surface area contributed by atoms with Crippen molar-refractivity contribution in [3.63, 3.8) is 0 Å². The summed E-state index contributed by atoms with van der Waals surface area (Å²) in [7, 11) is 0. The lowest BCUT2D eigenvalue weighted by Gasteiger charge is -2.10. The van der Waals surface area contributed by atoms with Gasteiger partial charge in [0.25, 0.3) is 0 Å². The zero-order chi connectivity index (χ0) is 10.6. The van der Waals surface area contributed by atoms with E-state index in [4.69, 9.17) is 4.74 Å². The van der Waals surface area contributed by atoms with E-state index in [9.17, 15) is 9.90 Å². The van der Waals surface area contributed by atoms with Crippen LogP contribution in [0.2, 0.25) is 0 Å². The predicted molar refractivity (Wildman–Crippen MR) is 55.1 cm³/mol. The number of hydrogen-bond acceptors (Lipinski definition) is 4. The Morgan fingerprint density at radius 2 is 2.36 bits per heavy atom. The van der Waals surface area contributed by atoms with E-state index in [1.54, 1.807) is 19.9 Å². The molecule has 1 aromatic rings. The summed E-state index contributed by atoms with van der Waals surface area (Å²) in [6.07, 6.45) is -0.835. The molecule has 3 nitrogen and oxygen atoms in total. The van der Waals surface area contributed by atoms with Crippen molar-refractivity contribution in [1.29, 1.82) is 0 Å². The van der Waals surface area contributed by atoms with E-state index in [0.29, 0.717) is 0 Å². The van der Waals surface area contributed by atoms with E-state index in [0.717, 1.165) is 4.88 Å². The fourth-order valence-corrected chi connectivity index (χ4v) is 1.76. The minimum absolute atomic E-state index is 0.0265. The number of rotatable bonds is 4. The molecule has 0 saturated heterocycles. The van der Waals surface area contributed by atoms with E-state index in [-0.39, 0.29) is 18.5 Å². The van der Waals surface area contributed by atoms with Crippen LogP contribution < -0.4 is 0 Å². The monoisotopic (exact) mass is 214 g/mol. The highest BCUT2D eigenvalue weighted by Crippen LogP contribution is 2.21. The topological polar surface area (TPSA) is 46.5 Å². The Morgan fingerprint density at radius 3 is 2.86 bits per heavy atom. The summed E-state index contributed by atoms with van der Waals surface area (Å²) in [6, 6.07) is 3.65. The van der Waals surface area contributed by atoms with Gasteiger partial charge in [0.1, 0.15) is 0 Å². The molecule has 0 spiro atoms. The van der Waals surface area contributed by atoms with E-state index in [2.05, 4.69) is 0 Å². The Bertz CT molecular complexity index is 280. The number of ether oxygens (including phenoxy) is 1. The molecule has 0 saturated carbocycles. The molecule has 1 heterocycles. The van der Waals surface area contributed by atoms with Crippen LogP contribution in [0.5, 0.6) is 0 Å². The van der Waals surface area contributed by atoms with Crippen molar-refractivity contribution in [3.8, 4) is 0 Å². The van der Waals surface area contributed by atoms with Crippen LogP contribution >= 0.6 is 11.3 Å². The van der Waals surface area contributed by atoms with Crippen molar-refractivity contribution in [3.05, 3.63) is 22.4 Å². The summed E-state index contributed by atoms with van der Waals surface area (Å²) in [4.78, 5) is 12.0. The first kappa shape index (κ1) is 11.2. The number of carbonyl (C=O) groups is 1. The molecule has 1 N–H and O–H groups in total. The largest absolute Gasteiger partial charge is 0.463 e. The van der Waals surface area contributed by atoms with Gasteiger partial charge in [-0.2, -0.15) is 0 Å². The van der Waals surface area contributed by atoms with Crippen LogP contribution in [0.25, 0.3) is 0 Å². The van der Waals surface area contributed by atoms with Gasteiger partial charge in [0, 0.05) is 4.88 Å². The molecule has 14 heavy (non-hydrogen) atoms. The summed E-state index contributed by atoms with van der Waals surface area (Å²) in [5.74, 6) is -0.360. The molecule has 4 heteroatoms. The summed E-state index contributed by atoms with van der Waals surface area (Å²) < 4.78 is 4.92. The summed E-state index contributed by atoms with van der Waals surface area (Å²) in [5.41, 5.74) is 0. The molecule has 1 aromatic heterocycles. The second-order valence-electron chi connectivity index (χ2n) is 3.27. The Morgan fingerprint density at radius 1 is 1.64 bits per heavy atom. The summed E-state index contributed by atoms with van der Waals surface area (Å²) in [5, 5.41) is 11.5. The number of thiophene rings is 1. The van der Waals surface area contributed by atoms with Gasteiger partial charge >= 0.3 is 5.97 Å². The van der Waals surface area contributed by atoms with Gasteiger partial charge < -0.3 is 9.84 Å². The van der Waals surface area contributed by atoms with Crippen molar-refractivity contribution in [1.82, 2.24) is 0 Å². The fourth-order valence-electron chi connectivity index (χ4n) is 1.05. The molecule has 0 unspecified atom stereocenters. The summed E-state index contributed by atoms with van der Waals surface area (Å²) >= 11 is 1.43. The first-order chi connectivity index (χ1) is 6.59. The van der Waals surface area contributed by atoms with Crippen molar-refractivity contribution in [2.24, 2.45) is 0 Å². The second kappa shape index (κ2) is 5.12. The number of carbonyl (C=O) groups excluding carboxylic acids is 1. The molecule has 1 rings (SSSR count). The van der Waals surface area contributed by atoms with E-state index < -0.39 is 6.10 Å². The lowest BCUT2D eigenvalue weighted by atomic mass is 10.2. The smallest absolute Gasteiger partial charge is 0.309 e. The third-order valence-corrected chi connectivity index (χ3v) is 2.57. The Hall–Kier alpha value is -0.870. The lowest BCUT2D eigenvalue weighted by Crippen LogP contribution is -2.14. The Balaban J connectivity index is 2.41. The van der Waals surface area contributed by atoms with Gasteiger partial charge in [-0.15, -0.1) is 11.3 Å². The molecule has 0 bridgehead atoms. The molecule has 78 valence electrons. The maximum Gasteiger partial charge on any atom is 0.309 e. The summed E-state index contributed by atoms with van der Waals surface area (Å²) in [6.45, 7) is 3.57. The minimum atomic E-state index is -0.735.